The van der Waals surface area contributed by atoms with Gasteiger partial charge in [-0.3, -0.25) is 0 Å². The molecule has 0 saturated heterocycles. The summed E-state index contributed by atoms with van der Waals surface area (Å²) in [5.74, 6) is -2.10. The van der Waals surface area contributed by atoms with Crippen LogP contribution in [-0.4, -0.2) is 18.2 Å². The van der Waals surface area contributed by atoms with Gasteiger partial charge in [0.1, 0.15) is 5.69 Å². The molecule has 1 heterocycles. The highest BCUT2D eigenvalue weighted by atomic mass is 19.4. The molecule has 0 N–H and O–H groups in total. The van der Waals surface area contributed by atoms with Crippen molar-refractivity contribution >= 4 is 6.16 Å². The molecule has 1 rings (SSSR count). The lowest BCUT2D eigenvalue weighted by Crippen LogP contribution is -2.07. The standard InChI is InChI=1S/C7H6F3NO4/c1-3-4(15-6(12)13-2)14-5(11-3)7(8,9)10/h1-2H3. The molecule has 0 amide bonds. The summed E-state index contributed by atoms with van der Waals surface area (Å²) in [7, 11) is 1.01. The average Bonchev–Trinajstić information content (AvgIpc) is 2.47. The van der Waals surface area contributed by atoms with Crippen molar-refractivity contribution in [3.8, 4) is 5.95 Å². The molecule has 15 heavy (non-hydrogen) atoms. The number of halogens is 3. The van der Waals surface area contributed by atoms with Gasteiger partial charge in [0, 0.05) is 0 Å². The Hall–Kier alpha value is -1.73. The molecule has 5 nitrogen and oxygen atoms in total. The van der Waals surface area contributed by atoms with Crippen LogP contribution in [0.3, 0.4) is 0 Å². The number of carbonyl (C=O) groups excluding carboxylic acids is 1. The number of hydrogen-bond donors (Lipinski definition) is 0. The number of alkyl halides is 3. The van der Waals surface area contributed by atoms with Crippen molar-refractivity contribution in [2.75, 3.05) is 7.11 Å². The van der Waals surface area contributed by atoms with E-state index < -0.39 is 24.2 Å². The first-order valence-corrected chi connectivity index (χ1v) is 3.65. The zero-order valence-corrected chi connectivity index (χ0v) is 7.71. The molecule has 84 valence electrons. The van der Waals surface area contributed by atoms with Gasteiger partial charge in [-0.05, 0) is 6.92 Å². The first-order valence-electron chi connectivity index (χ1n) is 3.65. The van der Waals surface area contributed by atoms with Crippen LogP contribution in [0.15, 0.2) is 4.42 Å². The van der Waals surface area contributed by atoms with Gasteiger partial charge in [-0.1, -0.05) is 0 Å². The maximum absolute atomic E-state index is 12.1. The molecule has 0 spiro atoms. The molecule has 1 aromatic heterocycles. The van der Waals surface area contributed by atoms with Crippen molar-refractivity contribution in [3.63, 3.8) is 0 Å². The minimum absolute atomic E-state index is 0.187. The van der Waals surface area contributed by atoms with Crippen LogP contribution in [-0.2, 0) is 10.9 Å². The van der Waals surface area contributed by atoms with E-state index in [4.69, 9.17) is 0 Å². The maximum atomic E-state index is 12.1. The molecule has 0 fully saturated rings. The monoisotopic (exact) mass is 225 g/mol. The lowest BCUT2D eigenvalue weighted by molar-refractivity contribution is -0.157. The van der Waals surface area contributed by atoms with Crippen molar-refractivity contribution in [1.82, 2.24) is 4.98 Å². The predicted octanol–water partition coefficient (Wildman–Crippen LogP) is 2.15. The Morgan fingerprint density at radius 1 is 1.47 bits per heavy atom. The van der Waals surface area contributed by atoms with E-state index >= 15 is 0 Å². The Morgan fingerprint density at radius 2 is 2.07 bits per heavy atom. The van der Waals surface area contributed by atoms with E-state index in [0.29, 0.717) is 0 Å². The predicted molar refractivity (Wildman–Crippen MR) is 39.3 cm³/mol. The molecule has 0 saturated carbocycles. The van der Waals surface area contributed by atoms with Gasteiger partial charge >= 0.3 is 24.2 Å². The van der Waals surface area contributed by atoms with Crippen molar-refractivity contribution < 1.29 is 31.9 Å². The number of hydrogen-bond acceptors (Lipinski definition) is 5. The molecule has 0 bridgehead atoms. The van der Waals surface area contributed by atoms with Crippen LogP contribution >= 0.6 is 0 Å². The summed E-state index contributed by atoms with van der Waals surface area (Å²) in [6.45, 7) is 1.21. The summed E-state index contributed by atoms with van der Waals surface area (Å²) in [6.07, 6.45) is -5.90. The number of aromatic nitrogens is 1. The van der Waals surface area contributed by atoms with Gasteiger partial charge < -0.3 is 13.9 Å². The fourth-order valence-electron chi connectivity index (χ4n) is 0.716. The number of nitrogens with zero attached hydrogens (tertiary/aromatic N) is 1. The molecule has 0 aliphatic carbocycles. The van der Waals surface area contributed by atoms with Crippen LogP contribution in [0.1, 0.15) is 11.6 Å². The van der Waals surface area contributed by atoms with E-state index in [9.17, 15) is 18.0 Å². The normalized spacial score (nSPS) is 11.3. The molecule has 0 aromatic carbocycles. The van der Waals surface area contributed by atoms with Crippen molar-refractivity contribution in [2.45, 2.75) is 13.1 Å². The van der Waals surface area contributed by atoms with Gasteiger partial charge in [-0.2, -0.15) is 13.2 Å². The Morgan fingerprint density at radius 3 is 2.47 bits per heavy atom. The average molecular weight is 225 g/mol. The van der Waals surface area contributed by atoms with Crippen molar-refractivity contribution in [2.24, 2.45) is 0 Å². The summed E-state index contributed by atoms with van der Waals surface area (Å²) in [4.78, 5) is 13.6. The smallest absolute Gasteiger partial charge is 0.437 e. The van der Waals surface area contributed by atoms with E-state index in [0.717, 1.165) is 7.11 Å². The number of carbonyl (C=O) groups is 1. The summed E-state index contributed by atoms with van der Waals surface area (Å²) in [5.41, 5.74) is -0.187. The van der Waals surface area contributed by atoms with E-state index in [1.54, 1.807) is 0 Å². The quantitative estimate of drug-likeness (QED) is 0.685. The van der Waals surface area contributed by atoms with Gasteiger partial charge in [0.05, 0.1) is 7.11 Å². The fourth-order valence-corrected chi connectivity index (χ4v) is 0.716. The fraction of sp³-hybridized carbons (Fsp3) is 0.429. The van der Waals surface area contributed by atoms with Crippen LogP contribution in [0.2, 0.25) is 0 Å². The number of methoxy groups -OCH3 is 1. The minimum Gasteiger partial charge on any atom is -0.437 e. The molecule has 0 radical (unpaired) electrons. The number of rotatable bonds is 1. The van der Waals surface area contributed by atoms with Crippen LogP contribution in [0.4, 0.5) is 18.0 Å². The summed E-state index contributed by atoms with van der Waals surface area (Å²) in [5, 5.41) is 0. The number of aryl methyl sites for hydroxylation is 1. The van der Waals surface area contributed by atoms with E-state index in [1.165, 1.54) is 6.92 Å². The first-order chi connectivity index (χ1) is 6.84. The van der Waals surface area contributed by atoms with Gasteiger partial charge in [0.25, 0.3) is 0 Å². The molecule has 8 heteroatoms. The molecule has 0 atom stereocenters. The summed E-state index contributed by atoms with van der Waals surface area (Å²) >= 11 is 0. The first kappa shape index (κ1) is 11.3. The van der Waals surface area contributed by atoms with Crippen LogP contribution in [0.5, 0.6) is 5.95 Å². The highest BCUT2D eigenvalue weighted by Gasteiger charge is 2.38. The molecule has 1 aromatic rings. The van der Waals surface area contributed by atoms with E-state index in [1.807, 2.05) is 0 Å². The Labute approximate surface area is 81.8 Å². The lowest BCUT2D eigenvalue weighted by atomic mass is 10.5. The third-order valence-electron chi connectivity index (χ3n) is 1.34. The second-order valence-electron chi connectivity index (χ2n) is 2.45. The minimum atomic E-state index is -4.72. The molecule has 0 unspecified atom stereocenters. The van der Waals surface area contributed by atoms with Crippen molar-refractivity contribution in [1.29, 1.82) is 0 Å². The van der Waals surface area contributed by atoms with Gasteiger partial charge in [-0.15, -0.1) is 0 Å². The molecule has 0 aliphatic heterocycles. The maximum Gasteiger partial charge on any atom is 0.516 e. The second-order valence-corrected chi connectivity index (χ2v) is 2.45. The SMILES string of the molecule is COC(=O)Oc1oc(C(F)(F)F)nc1C. The lowest BCUT2D eigenvalue weighted by Gasteiger charge is -1.99. The highest BCUT2D eigenvalue weighted by Crippen LogP contribution is 2.32. The second kappa shape index (κ2) is 3.79. The van der Waals surface area contributed by atoms with Crippen molar-refractivity contribution in [3.05, 3.63) is 11.6 Å². The van der Waals surface area contributed by atoms with Gasteiger partial charge in [-0.25, -0.2) is 9.78 Å². The van der Waals surface area contributed by atoms with Gasteiger partial charge in [0.15, 0.2) is 0 Å². The largest absolute Gasteiger partial charge is 0.516 e. The number of oxazole rings is 1. The van der Waals surface area contributed by atoms with E-state index in [2.05, 4.69) is 18.9 Å². The molecule has 0 aliphatic rings. The van der Waals surface area contributed by atoms with Gasteiger partial charge in [0.2, 0.25) is 0 Å². The zero-order valence-electron chi connectivity index (χ0n) is 7.71. The summed E-state index contributed by atoms with van der Waals surface area (Å²) in [6, 6.07) is 0. The molecular formula is C7H6F3NO4. The third-order valence-corrected chi connectivity index (χ3v) is 1.34. The zero-order chi connectivity index (χ0) is 11.6. The Bertz CT molecular complexity index is 371. The molecular weight excluding hydrogens is 219 g/mol. The topological polar surface area (TPSA) is 61.6 Å². The summed E-state index contributed by atoms with van der Waals surface area (Å²) < 4.78 is 48.8. The Kier molecular flexibility index (Phi) is 2.87. The van der Waals surface area contributed by atoms with E-state index in [-0.39, 0.29) is 5.69 Å². The number of ether oxygens (including phenoxy) is 2. The highest BCUT2D eigenvalue weighted by molar-refractivity contribution is 5.62. The van der Waals surface area contributed by atoms with Crippen LogP contribution < -0.4 is 4.74 Å². The third kappa shape index (κ3) is 2.61. The van der Waals surface area contributed by atoms with Crippen LogP contribution in [0, 0.1) is 6.92 Å². The van der Waals surface area contributed by atoms with Crippen LogP contribution in [0.25, 0.3) is 0 Å². The Balaban J connectivity index is 2.92.